The van der Waals surface area contributed by atoms with Gasteiger partial charge < -0.3 is 19.8 Å². The van der Waals surface area contributed by atoms with Crippen molar-refractivity contribution in [2.24, 2.45) is 5.92 Å². The van der Waals surface area contributed by atoms with E-state index in [2.05, 4.69) is 18.0 Å². The molecule has 2 bridgehead atoms. The lowest BCUT2D eigenvalue weighted by Gasteiger charge is -2.58. The quantitative estimate of drug-likeness (QED) is 0.758. The Balaban J connectivity index is 1.81. The summed E-state index contributed by atoms with van der Waals surface area (Å²) in [5.41, 5.74) is 2.46. The number of likely N-dealkylation sites (tertiary alicyclic amines) is 1. The van der Waals surface area contributed by atoms with Crippen LogP contribution in [0.1, 0.15) is 30.4 Å². The highest BCUT2D eigenvalue weighted by atomic mass is 16.5. The average molecular weight is 287 g/mol. The van der Waals surface area contributed by atoms with Crippen LogP contribution in [-0.4, -0.2) is 47.0 Å². The third-order valence-electron chi connectivity index (χ3n) is 6.56. The van der Waals surface area contributed by atoms with Crippen LogP contribution in [0, 0.1) is 5.92 Å². The van der Waals surface area contributed by atoms with Crippen LogP contribution in [0.4, 0.5) is 0 Å². The summed E-state index contributed by atoms with van der Waals surface area (Å²) in [7, 11) is 2.22. The maximum atomic E-state index is 10.5. The lowest BCUT2D eigenvalue weighted by Crippen LogP contribution is -2.66. The number of likely N-dealkylation sites (N-methyl/N-ethyl adjacent to an activating group) is 1. The molecule has 0 aromatic heterocycles. The highest BCUT2D eigenvalue weighted by Crippen LogP contribution is 2.63. The minimum absolute atomic E-state index is 0.0729. The van der Waals surface area contributed by atoms with E-state index in [1.165, 1.54) is 11.1 Å². The molecule has 2 aliphatic carbocycles. The fraction of sp³-hybridized carbons (Fsp3) is 0.647. The second kappa shape index (κ2) is 3.73. The second-order valence-electron chi connectivity index (χ2n) is 7.28. The Morgan fingerprint density at radius 2 is 2.19 bits per heavy atom. The van der Waals surface area contributed by atoms with E-state index in [1.54, 1.807) is 6.07 Å². The minimum atomic E-state index is -0.414. The molecule has 3 unspecified atom stereocenters. The summed E-state index contributed by atoms with van der Waals surface area (Å²) < 4.78 is 6.14. The maximum absolute atomic E-state index is 10.5. The maximum Gasteiger partial charge on any atom is 0.165 e. The second-order valence-corrected chi connectivity index (χ2v) is 7.28. The Labute approximate surface area is 124 Å². The molecule has 112 valence electrons. The Morgan fingerprint density at radius 1 is 1.33 bits per heavy atom. The third kappa shape index (κ3) is 1.25. The summed E-state index contributed by atoms with van der Waals surface area (Å²) in [6.07, 6.45) is 3.35. The summed E-state index contributed by atoms with van der Waals surface area (Å²) in [5, 5.41) is 20.8. The van der Waals surface area contributed by atoms with E-state index in [4.69, 9.17) is 4.74 Å². The predicted octanol–water partition coefficient (Wildman–Crippen LogP) is 1.42. The molecule has 1 spiro atoms. The molecule has 2 heterocycles. The molecule has 0 radical (unpaired) electrons. The average Bonchev–Trinajstić information content (AvgIpc) is 2.83. The van der Waals surface area contributed by atoms with Crippen LogP contribution in [0.25, 0.3) is 0 Å². The first-order valence-electron chi connectivity index (χ1n) is 8.03. The van der Waals surface area contributed by atoms with Crippen molar-refractivity contribution in [3.63, 3.8) is 0 Å². The molecule has 2 fully saturated rings. The van der Waals surface area contributed by atoms with Gasteiger partial charge in [-0.3, -0.25) is 0 Å². The van der Waals surface area contributed by atoms with Gasteiger partial charge in [0.15, 0.2) is 11.5 Å². The smallest absolute Gasteiger partial charge is 0.165 e. The molecular weight excluding hydrogens is 266 g/mol. The van der Waals surface area contributed by atoms with Gasteiger partial charge in [-0.05, 0) is 56.8 Å². The number of hydrogen-bond acceptors (Lipinski definition) is 4. The molecule has 4 nitrogen and oxygen atoms in total. The molecular formula is C17H21NO3. The van der Waals surface area contributed by atoms with Crippen molar-refractivity contribution in [1.82, 2.24) is 4.90 Å². The molecule has 2 aliphatic heterocycles. The van der Waals surface area contributed by atoms with E-state index >= 15 is 0 Å². The molecule has 5 rings (SSSR count). The number of nitrogens with zero attached hydrogens (tertiary/aromatic N) is 1. The molecule has 1 saturated heterocycles. The number of aliphatic hydroxyl groups excluding tert-OH is 1. The fourth-order valence-corrected chi connectivity index (χ4v) is 5.71. The van der Waals surface area contributed by atoms with Gasteiger partial charge in [0.2, 0.25) is 0 Å². The van der Waals surface area contributed by atoms with Crippen LogP contribution in [-0.2, 0) is 11.8 Å². The highest BCUT2D eigenvalue weighted by molar-refractivity contribution is 5.60. The van der Waals surface area contributed by atoms with Crippen LogP contribution in [0.5, 0.6) is 11.5 Å². The summed E-state index contributed by atoms with van der Waals surface area (Å²) in [6, 6.07) is 4.36. The van der Waals surface area contributed by atoms with Gasteiger partial charge in [0.05, 0.1) is 6.10 Å². The molecule has 1 aromatic rings. The topological polar surface area (TPSA) is 52.9 Å². The van der Waals surface area contributed by atoms with Crippen molar-refractivity contribution in [3.05, 3.63) is 23.3 Å². The molecule has 1 aromatic carbocycles. The number of phenolic OH excluding ortho intramolecular Hbond substituents is 1. The zero-order chi connectivity index (χ0) is 14.4. The number of aliphatic hydroxyl groups is 1. The van der Waals surface area contributed by atoms with Crippen molar-refractivity contribution < 1.29 is 14.9 Å². The van der Waals surface area contributed by atoms with Crippen LogP contribution in [0.2, 0.25) is 0 Å². The van der Waals surface area contributed by atoms with Gasteiger partial charge in [-0.2, -0.15) is 0 Å². The number of rotatable bonds is 0. The van der Waals surface area contributed by atoms with Crippen molar-refractivity contribution in [3.8, 4) is 11.5 Å². The standard InChI is InChI=1S/C17H21NO3/c1-18-7-6-17-10-3-5-13(20)16(17)21-15-12(19)4-2-9(14(15)17)8-11(10)18/h2,4,10-11,13,16,19-20H,3,5-8H2,1H3/t10-,11?,13?,16-,17?/m0/s1. The van der Waals surface area contributed by atoms with Crippen molar-refractivity contribution in [2.75, 3.05) is 13.6 Å². The largest absolute Gasteiger partial charge is 0.504 e. The Kier molecular flexibility index (Phi) is 2.19. The Bertz CT molecular complexity index is 631. The van der Waals surface area contributed by atoms with Crippen LogP contribution >= 0.6 is 0 Å². The van der Waals surface area contributed by atoms with Gasteiger partial charge in [-0.1, -0.05) is 6.07 Å². The first-order chi connectivity index (χ1) is 10.1. The first kappa shape index (κ1) is 12.3. The lowest BCUT2D eigenvalue weighted by molar-refractivity contribution is -0.0993. The van der Waals surface area contributed by atoms with Gasteiger partial charge in [-0.25, -0.2) is 0 Å². The van der Waals surface area contributed by atoms with E-state index in [9.17, 15) is 10.2 Å². The molecule has 5 atom stereocenters. The van der Waals surface area contributed by atoms with E-state index in [-0.39, 0.29) is 17.3 Å². The SMILES string of the molecule is CN1CCC23c4c5ccc(O)c4O[C@H]2C(O)CC[C@H]3C1C5. The van der Waals surface area contributed by atoms with Crippen LogP contribution < -0.4 is 4.74 Å². The number of ether oxygens (including phenoxy) is 1. The number of aromatic hydroxyl groups is 1. The molecule has 21 heavy (non-hydrogen) atoms. The van der Waals surface area contributed by atoms with Gasteiger partial charge in [-0.15, -0.1) is 0 Å². The third-order valence-corrected chi connectivity index (χ3v) is 6.56. The van der Waals surface area contributed by atoms with Gasteiger partial charge in [0.1, 0.15) is 6.10 Å². The summed E-state index contributed by atoms with van der Waals surface area (Å²) in [6.45, 7) is 1.04. The monoisotopic (exact) mass is 287 g/mol. The van der Waals surface area contributed by atoms with E-state index in [1.807, 2.05) is 0 Å². The molecule has 2 N–H and O–H groups in total. The first-order valence-corrected chi connectivity index (χ1v) is 8.03. The predicted molar refractivity (Wildman–Crippen MR) is 77.7 cm³/mol. The zero-order valence-electron chi connectivity index (χ0n) is 12.2. The number of phenols is 1. The number of hydrogen-bond donors (Lipinski definition) is 2. The molecule has 0 amide bonds. The fourth-order valence-electron chi connectivity index (χ4n) is 5.71. The van der Waals surface area contributed by atoms with Crippen molar-refractivity contribution >= 4 is 0 Å². The summed E-state index contributed by atoms with van der Waals surface area (Å²) in [5.74, 6) is 1.44. The van der Waals surface area contributed by atoms with E-state index in [0.717, 1.165) is 32.2 Å². The van der Waals surface area contributed by atoms with E-state index < -0.39 is 6.10 Å². The Hall–Kier alpha value is -1.26. The van der Waals surface area contributed by atoms with E-state index in [0.29, 0.717) is 17.7 Å². The number of piperidine rings is 1. The van der Waals surface area contributed by atoms with Gasteiger partial charge in [0, 0.05) is 17.0 Å². The molecule has 4 aliphatic rings. The normalized spacial score (nSPS) is 43.3. The summed E-state index contributed by atoms with van der Waals surface area (Å²) in [4.78, 5) is 2.48. The van der Waals surface area contributed by atoms with Crippen LogP contribution in [0.3, 0.4) is 0 Å². The van der Waals surface area contributed by atoms with Crippen molar-refractivity contribution in [2.45, 2.75) is 49.3 Å². The Morgan fingerprint density at radius 3 is 3.05 bits per heavy atom. The zero-order valence-corrected chi connectivity index (χ0v) is 12.2. The molecule has 1 saturated carbocycles. The minimum Gasteiger partial charge on any atom is -0.504 e. The highest BCUT2D eigenvalue weighted by Gasteiger charge is 2.65. The number of benzene rings is 1. The van der Waals surface area contributed by atoms with Gasteiger partial charge in [0.25, 0.3) is 0 Å². The summed E-state index contributed by atoms with van der Waals surface area (Å²) >= 11 is 0. The van der Waals surface area contributed by atoms with Crippen LogP contribution in [0.15, 0.2) is 12.1 Å². The lowest BCUT2D eigenvalue weighted by atomic mass is 9.51. The molecule has 4 heteroatoms. The van der Waals surface area contributed by atoms with Crippen molar-refractivity contribution in [1.29, 1.82) is 0 Å². The van der Waals surface area contributed by atoms with Gasteiger partial charge >= 0.3 is 0 Å².